The van der Waals surface area contributed by atoms with Gasteiger partial charge in [0.25, 0.3) is 0 Å². The Morgan fingerprint density at radius 3 is 2.47 bits per heavy atom. The predicted molar refractivity (Wildman–Crippen MR) is 83.0 cm³/mol. The van der Waals surface area contributed by atoms with E-state index in [4.69, 9.17) is 4.74 Å². The summed E-state index contributed by atoms with van der Waals surface area (Å²) in [6.07, 6.45) is 2.44. The van der Waals surface area contributed by atoms with E-state index in [1.807, 2.05) is 0 Å². The van der Waals surface area contributed by atoms with Crippen molar-refractivity contribution in [3.8, 4) is 5.75 Å². The van der Waals surface area contributed by atoms with E-state index in [0.29, 0.717) is 12.0 Å². The van der Waals surface area contributed by atoms with Gasteiger partial charge in [0.1, 0.15) is 11.9 Å². The average Bonchev–Trinajstić information content (AvgIpc) is 2.40. The van der Waals surface area contributed by atoms with E-state index in [9.17, 15) is 0 Å². The van der Waals surface area contributed by atoms with E-state index in [1.54, 1.807) is 0 Å². The molecule has 1 aromatic rings. The lowest BCUT2D eigenvalue weighted by Crippen LogP contribution is -2.41. The smallest absolute Gasteiger partial charge is 0.120 e. The zero-order chi connectivity index (χ0) is 14.3. The third kappa shape index (κ3) is 5.23. The van der Waals surface area contributed by atoms with Crippen molar-refractivity contribution in [2.75, 3.05) is 6.54 Å². The lowest BCUT2D eigenvalue weighted by atomic mass is 10.0. The highest BCUT2D eigenvalue weighted by Gasteiger charge is 2.16. The van der Waals surface area contributed by atoms with Gasteiger partial charge in [-0.25, -0.2) is 0 Å². The Balaban J connectivity index is 2.64. The largest absolute Gasteiger partial charge is 0.489 e. The fourth-order valence-electron chi connectivity index (χ4n) is 2.22. The van der Waals surface area contributed by atoms with Crippen molar-refractivity contribution in [3.05, 3.63) is 29.8 Å². The first kappa shape index (κ1) is 16.0. The molecule has 0 aromatic heterocycles. The fraction of sp³-hybridized carbons (Fsp3) is 0.647. The molecular weight excluding hydrogens is 234 g/mol. The molecule has 1 rings (SSSR count). The van der Waals surface area contributed by atoms with Gasteiger partial charge in [0.15, 0.2) is 0 Å². The zero-order valence-corrected chi connectivity index (χ0v) is 13.1. The number of nitrogens with one attached hydrogen (secondary N) is 1. The molecule has 0 fully saturated rings. The highest BCUT2D eigenvalue weighted by atomic mass is 16.5. The van der Waals surface area contributed by atoms with Crippen molar-refractivity contribution in [2.45, 2.75) is 65.5 Å². The second-order valence-electron chi connectivity index (χ2n) is 5.52. The van der Waals surface area contributed by atoms with Gasteiger partial charge in [0.2, 0.25) is 0 Å². The van der Waals surface area contributed by atoms with E-state index in [0.717, 1.165) is 25.1 Å². The zero-order valence-electron chi connectivity index (χ0n) is 13.1. The summed E-state index contributed by atoms with van der Waals surface area (Å²) in [5.41, 5.74) is 1.33. The first-order chi connectivity index (χ1) is 9.08. The van der Waals surface area contributed by atoms with Crippen LogP contribution >= 0.6 is 0 Å². The molecule has 2 unspecified atom stereocenters. The summed E-state index contributed by atoms with van der Waals surface area (Å²) in [7, 11) is 0. The molecule has 0 aliphatic heterocycles. The van der Waals surface area contributed by atoms with Crippen LogP contribution in [0.3, 0.4) is 0 Å². The van der Waals surface area contributed by atoms with Gasteiger partial charge in [-0.1, -0.05) is 39.8 Å². The van der Waals surface area contributed by atoms with Gasteiger partial charge in [-0.05, 0) is 49.9 Å². The molecule has 0 saturated carbocycles. The maximum Gasteiger partial charge on any atom is 0.120 e. The van der Waals surface area contributed by atoms with Crippen LogP contribution in [-0.4, -0.2) is 18.7 Å². The Morgan fingerprint density at radius 2 is 1.89 bits per heavy atom. The Kier molecular flexibility index (Phi) is 6.93. The van der Waals surface area contributed by atoms with E-state index >= 15 is 0 Å². The standard InChI is InChI=1S/C17H29NO/c1-6-11-18-17(7-2)14(5)19-16-10-8-9-15(12-16)13(3)4/h8-10,12-14,17-18H,6-7,11H2,1-5H3. The lowest BCUT2D eigenvalue weighted by Gasteiger charge is -2.25. The molecule has 0 radical (unpaired) electrons. The van der Waals surface area contributed by atoms with E-state index in [-0.39, 0.29) is 6.10 Å². The molecule has 0 aliphatic carbocycles. The van der Waals surface area contributed by atoms with Crippen LogP contribution < -0.4 is 10.1 Å². The summed E-state index contributed by atoms with van der Waals surface area (Å²) in [6, 6.07) is 8.87. The Morgan fingerprint density at radius 1 is 1.16 bits per heavy atom. The van der Waals surface area contributed by atoms with Gasteiger partial charge in [-0.2, -0.15) is 0 Å². The number of rotatable bonds is 8. The monoisotopic (exact) mass is 263 g/mol. The molecule has 2 heteroatoms. The SMILES string of the molecule is CCCNC(CC)C(C)Oc1cccc(C(C)C)c1. The Bertz CT molecular complexity index is 362. The molecule has 0 aliphatic rings. The summed E-state index contributed by atoms with van der Waals surface area (Å²) in [4.78, 5) is 0. The number of hydrogen-bond acceptors (Lipinski definition) is 2. The van der Waals surface area contributed by atoms with Gasteiger partial charge < -0.3 is 10.1 Å². The summed E-state index contributed by atoms with van der Waals surface area (Å²) in [5.74, 6) is 1.52. The topological polar surface area (TPSA) is 21.3 Å². The Labute approximate surface area is 118 Å². The molecule has 108 valence electrons. The van der Waals surface area contributed by atoms with Crippen LogP contribution in [0.4, 0.5) is 0 Å². The summed E-state index contributed by atoms with van der Waals surface area (Å²) in [6.45, 7) is 12.0. The maximum absolute atomic E-state index is 6.09. The minimum absolute atomic E-state index is 0.193. The van der Waals surface area contributed by atoms with Gasteiger partial charge in [-0.15, -0.1) is 0 Å². The minimum atomic E-state index is 0.193. The molecule has 0 heterocycles. The molecule has 2 nitrogen and oxygen atoms in total. The molecule has 2 atom stereocenters. The van der Waals surface area contributed by atoms with Gasteiger partial charge in [0, 0.05) is 6.04 Å². The highest BCUT2D eigenvalue weighted by molar-refractivity contribution is 5.30. The van der Waals surface area contributed by atoms with E-state index < -0.39 is 0 Å². The van der Waals surface area contributed by atoms with Crippen LogP contribution in [0, 0.1) is 0 Å². The number of benzene rings is 1. The van der Waals surface area contributed by atoms with Crippen molar-refractivity contribution in [1.29, 1.82) is 0 Å². The van der Waals surface area contributed by atoms with Crippen molar-refractivity contribution in [3.63, 3.8) is 0 Å². The summed E-state index contributed by atoms with van der Waals surface area (Å²) >= 11 is 0. The molecule has 1 aromatic carbocycles. The van der Waals surface area contributed by atoms with Crippen LogP contribution in [0.5, 0.6) is 5.75 Å². The van der Waals surface area contributed by atoms with Gasteiger partial charge in [0.05, 0.1) is 0 Å². The average molecular weight is 263 g/mol. The van der Waals surface area contributed by atoms with Gasteiger partial charge in [-0.3, -0.25) is 0 Å². The summed E-state index contributed by atoms with van der Waals surface area (Å²) in [5, 5.41) is 3.55. The van der Waals surface area contributed by atoms with Gasteiger partial charge >= 0.3 is 0 Å². The normalized spacial score (nSPS) is 14.4. The van der Waals surface area contributed by atoms with E-state index in [2.05, 4.69) is 64.2 Å². The van der Waals surface area contributed by atoms with Crippen LogP contribution in [0.25, 0.3) is 0 Å². The third-order valence-corrected chi connectivity index (χ3v) is 3.51. The fourth-order valence-corrected chi connectivity index (χ4v) is 2.22. The second kappa shape index (κ2) is 8.21. The quantitative estimate of drug-likeness (QED) is 0.752. The predicted octanol–water partition coefficient (Wildman–Crippen LogP) is 4.36. The molecule has 0 saturated heterocycles. The molecule has 19 heavy (non-hydrogen) atoms. The molecule has 0 amide bonds. The van der Waals surface area contributed by atoms with Crippen LogP contribution in [0.15, 0.2) is 24.3 Å². The molecule has 1 N–H and O–H groups in total. The Hall–Kier alpha value is -1.02. The first-order valence-corrected chi connectivity index (χ1v) is 7.58. The lowest BCUT2D eigenvalue weighted by molar-refractivity contribution is 0.167. The highest BCUT2D eigenvalue weighted by Crippen LogP contribution is 2.21. The minimum Gasteiger partial charge on any atom is -0.489 e. The third-order valence-electron chi connectivity index (χ3n) is 3.51. The summed E-state index contributed by atoms with van der Waals surface area (Å²) < 4.78 is 6.09. The van der Waals surface area contributed by atoms with Crippen LogP contribution in [0.2, 0.25) is 0 Å². The maximum atomic E-state index is 6.09. The first-order valence-electron chi connectivity index (χ1n) is 7.58. The number of hydrogen-bond donors (Lipinski definition) is 1. The van der Waals surface area contributed by atoms with Crippen molar-refractivity contribution in [1.82, 2.24) is 5.32 Å². The molecular formula is C17H29NO. The van der Waals surface area contributed by atoms with Crippen molar-refractivity contribution in [2.24, 2.45) is 0 Å². The van der Waals surface area contributed by atoms with Crippen molar-refractivity contribution >= 4 is 0 Å². The van der Waals surface area contributed by atoms with Crippen LogP contribution in [-0.2, 0) is 0 Å². The molecule has 0 spiro atoms. The number of ether oxygens (including phenoxy) is 1. The van der Waals surface area contributed by atoms with Crippen LogP contribution in [0.1, 0.15) is 58.9 Å². The second-order valence-corrected chi connectivity index (χ2v) is 5.52. The van der Waals surface area contributed by atoms with E-state index in [1.165, 1.54) is 5.56 Å². The van der Waals surface area contributed by atoms with Crippen molar-refractivity contribution < 1.29 is 4.74 Å². The molecule has 0 bridgehead atoms.